The SMILES string of the molecule is CC(C)COC(=O)N1[C@@H](COCc2ccccc2)C=CCS1(=O)=O. The quantitative estimate of drug-likeness (QED) is 0.735. The fraction of sp³-hybridized carbons (Fsp3) is 0.471. The van der Waals surface area contributed by atoms with E-state index in [-0.39, 0.29) is 24.9 Å². The number of sulfonamides is 1. The predicted octanol–water partition coefficient (Wildman–Crippen LogP) is 2.57. The number of carbonyl (C=O) groups is 1. The van der Waals surface area contributed by atoms with Crippen LogP contribution in [0.5, 0.6) is 0 Å². The second-order valence-electron chi connectivity index (χ2n) is 6.04. The topological polar surface area (TPSA) is 72.9 Å². The zero-order valence-corrected chi connectivity index (χ0v) is 14.7. The molecule has 0 fully saturated rings. The molecule has 7 heteroatoms. The van der Waals surface area contributed by atoms with Crippen molar-refractivity contribution in [2.24, 2.45) is 5.92 Å². The van der Waals surface area contributed by atoms with E-state index in [1.807, 2.05) is 44.2 Å². The lowest BCUT2D eigenvalue weighted by molar-refractivity contribution is 0.0714. The molecule has 0 aromatic heterocycles. The summed E-state index contributed by atoms with van der Waals surface area (Å²) in [5.41, 5.74) is 0.981. The van der Waals surface area contributed by atoms with E-state index in [9.17, 15) is 13.2 Å². The molecule has 1 amide bonds. The van der Waals surface area contributed by atoms with Gasteiger partial charge in [-0.15, -0.1) is 0 Å². The maximum absolute atomic E-state index is 12.2. The average molecular weight is 353 g/mol. The van der Waals surface area contributed by atoms with E-state index in [1.165, 1.54) is 6.08 Å². The van der Waals surface area contributed by atoms with Gasteiger partial charge in [0.15, 0.2) is 0 Å². The molecule has 24 heavy (non-hydrogen) atoms. The Kier molecular flexibility index (Phi) is 6.39. The highest BCUT2D eigenvalue weighted by molar-refractivity contribution is 7.89. The van der Waals surface area contributed by atoms with Gasteiger partial charge in [-0.1, -0.05) is 56.3 Å². The molecule has 1 aliphatic heterocycles. The molecular formula is C17H23NO5S. The summed E-state index contributed by atoms with van der Waals surface area (Å²) in [6, 6.07) is 8.86. The summed E-state index contributed by atoms with van der Waals surface area (Å²) in [7, 11) is -3.72. The monoisotopic (exact) mass is 353 g/mol. The lowest BCUT2D eigenvalue weighted by Crippen LogP contribution is -2.49. The minimum atomic E-state index is -3.72. The van der Waals surface area contributed by atoms with Gasteiger partial charge in [0.1, 0.15) is 0 Å². The first-order valence-electron chi connectivity index (χ1n) is 7.87. The van der Waals surface area contributed by atoms with Gasteiger partial charge < -0.3 is 9.47 Å². The van der Waals surface area contributed by atoms with Gasteiger partial charge in [0, 0.05) is 0 Å². The van der Waals surface area contributed by atoms with Crippen LogP contribution in [0, 0.1) is 5.92 Å². The summed E-state index contributed by atoms with van der Waals surface area (Å²) in [5.74, 6) is -0.0799. The van der Waals surface area contributed by atoms with Crippen LogP contribution in [0.3, 0.4) is 0 Å². The summed E-state index contributed by atoms with van der Waals surface area (Å²) >= 11 is 0. The van der Waals surface area contributed by atoms with Crippen molar-refractivity contribution in [2.45, 2.75) is 26.5 Å². The first kappa shape index (κ1) is 18.5. The number of rotatable bonds is 6. The lowest BCUT2D eigenvalue weighted by atomic mass is 10.2. The Balaban J connectivity index is 2.00. The molecular weight excluding hydrogens is 330 g/mol. The smallest absolute Gasteiger partial charge is 0.424 e. The molecule has 0 aliphatic carbocycles. The maximum atomic E-state index is 12.2. The highest BCUT2D eigenvalue weighted by Crippen LogP contribution is 2.18. The third kappa shape index (κ3) is 5.07. The largest absolute Gasteiger partial charge is 0.448 e. The number of hydrogen-bond acceptors (Lipinski definition) is 5. The standard InChI is InChI=1S/C17H23NO5S/c1-14(2)11-23-17(19)18-16(9-6-10-24(18,20)21)13-22-12-15-7-4-3-5-8-15/h3-9,14,16H,10-13H2,1-2H3/t16-/m1/s1. The van der Waals surface area contributed by atoms with E-state index in [1.54, 1.807) is 6.08 Å². The van der Waals surface area contributed by atoms with Gasteiger partial charge in [-0.05, 0) is 11.5 Å². The van der Waals surface area contributed by atoms with E-state index < -0.39 is 22.2 Å². The summed E-state index contributed by atoms with van der Waals surface area (Å²) < 4.78 is 35.9. The van der Waals surface area contributed by atoms with E-state index in [0.717, 1.165) is 9.87 Å². The highest BCUT2D eigenvalue weighted by atomic mass is 32.2. The van der Waals surface area contributed by atoms with Crippen LogP contribution in [0.4, 0.5) is 4.79 Å². The molecule has 0 radical (unpaired) electrons. The molecule has 1 aromatic rings. The Morgan fingerprint density at radius 3 is 2.67 bits per heavy atom. The van der Waals surface area contributed by atoms with Crippen LogP contribution in [0.25, 0.3) is 0 Å². The maximum Gasteiger partial charge on any atom is 0.424 e. The van der Waals surface area contributed by atoms with Crippen LogP contribution in [-0.2, 0) is 26.1 Å². The molecule has 1 heterocycles. The third-order valence-electron chi connectivity index (χ3n) is 3.39. The van der Waals surface area contributed by atoms with Crippen LogP contribution in [-0.4, -0.2) is 43.8 Å². The Morgan fingerprint density at radius 1 is 1.29 bits per heavy atom. The zero-order valence-electron chi connectivity index (χ0n) is 13.9. The second kappa shape index (κ2) is 8.30. The van der Waals surface area contributed by atoms with E-state index in [0.29, 0.717) is 6.61 Å². The van der Waals surface area contributed by atoms with Crippen molar-refractivity contribution in [3.05, 3.63) is 48.0 Å². The molecule has 0 N–H and O–H groups in total. The number of carbonyl (C=O) groups excluding carboxylic acids is 1. The van der Waals surface area contributed by atoms with E-state index in [4.69, 9.17) is 9.47 Å². The van der Waals surface area contributed by atoms with Crippen molar-refractivity contribution in [1.82, 2.24) is 4.31 Å². The van der Waals surface area contributed by atoms with Crippen molar-refractivity contribution in [2.75, 3.05) is 19.0 Å². The van der Waals surface area contributed by atoms with Crippen molar-refractivity contribution >= 4 is 16.1 Å². The summed E-state index contributed by atoms with van der Waals surface area (Å²) in [6.45, 7) is 4.38. The number of hydrogen-bond donors (Lipinski definition) is 0. The van der Waals surface area contributed by atoms with Gasteiger partial charge in [0.05, 0.1) is 31.6 Å². The molecule has 1 aliphatic rings. The van der Waals surface area contributed by atoms with Crippen molar-refractivity contribution in [3.63, 3.8) is 0 Å². The molecule has 1 aromatic carbocycles. The Hall–Kier alpha value is -1.86. The van der Waals surface area contributed by atoms with Gasteiger partial charge >= 0.3 is 6.09 Å². The fourth-order valence-electron chi connectivity index (χ4n) is 2.24. The third-order valence-corrected chi connectivity index (χ3v) is 5.02. The Bertz CT molecular complexity index is 669. The fourth-order valence-corrected chi connectivity index (χ4v) is 3.58. The number of amides is 1. The number of benzene rings is 1. The van der Waals surface area contributed by atoms with Crippen molar-refractivity contribution in [1.29, 1.82) is 0 Å². The van der Waals surface area contributed by atoms with E-state index >= 15 is 0 Å². The van der Waals surface area contributed by atoms with E-state index in [2.05, 4.69) is 0 Å². The molecule has 6 nitrogen and oxygen atoms in total. The molecule has 2 rings (SSSR count). The molecule has 0 saturated carbocycles. The molecule has 132 valence electrons. The molecule has 0 unspecified atom stereocenters. The predicted molar refractivity (Wildman–Crippen MR) is 90.8 cm³/mol. The van der Waals surface area contributed by atoms with Gasteiger partial charge in [-0.25, -0.2) is 13.2 Å². The Labute approximate surface area is 143 Å². The van der Waals surface area contributed by atoms with Gasteiger partial charge in [-0.3, -0.25) is 0 Å². The molecule has 0 spiro atoms. The highest BCUT2D eigenvalue weighted by Gasteiger charge is 2.36. The minimum Gasteiger partial charge on any atom is -0.448 e. The Morgan fingerprint density at radius 2 is 2.00 bits per heavy atom. The summed E-state index contributed by atoms with van der Waals surface area (Å²) in [4.78, 5) is 12.2. The van der Waals surface area contributed by atoms with Gasteiger partial charge in [0.25, 0.3) is 0 Å². The second-order valence-corrected chi connectivity index (χ2v) is 7.93. The summed E-state index contributed by atoms with van der Waals surface area (Å²) in [6.07, 6.45) is 2.36. The van der Waals surface area contributed by atoms with Crippen LogP contribution in [0.2, 0.25) is 0 Å². The molecule has 0 bridgehead atoms. The minimum absolute atomic E-state index is 0.0847. The molecule has 1 atom stereocenters. The zero-order chi connectivity index (χ0) is 17.6. The van der Waals surface area contributed by atoms with Crippen LogP contribution >= 0.6 is 0 Å². The van der Waals surface area contributed by atoms with Gasteiger partial charge in [-0.2, -0.15) is 4.31 Å². The van der Waals surface area contributed by atoms with Crippen LogP contribution < -0.4 is 0 Å². The number of nitrogens with zero attached hydrogens (tertiary/aromatic N) is 1. The van der Waals surface area contributed by atoms with Gasteiger partial charge in [0.2, 0.25) is 10.0 Å². The van der Waals surface area contributed by atoms with Crippen molar-refractivity contribution in [3.8, 4) is 0 Å². The summed E-state index contributed by atoms with van der Waals surface area (Å²) in [5, 5.41) is 0. The first-order chi connectivity index (χ1) is 11.4. The lowest BCUT2D eigenvalue weighted by Gasteiger charge is -2.30. The average Bonchev–Trinajstić information content (AvgIpc) is 2.53. The first-order valence-corrected chi connectivity index (χ1v) is 9.48. The van der Waals surface area contributed by atoms with Crippen LogP contribution in [0.15, 0.2) is 42.5 Å². The molecule has 0 saturated heterocycles. The number of ether oxygens (including phenoxy) is 2. The van der Waals surface area contributed by atoms with Crippen LogP contribution in [0.1, 0.15) is 19.4 Å². The van der Waals surface area contributed by atoms with Crippen molar-refractivity contribution < 1.29 is 22.7 Å². The normalized spacial score (nSPS) is 19.5.